The molecule has 0 radical (unpaired) electrons. The van der Waals surface area contributed by atoms with E-state index >= 15 is 0 Å². The van der Waals surface area contributed by atoms with E-state index in [1.807, 2.05) is 24.3 Å². The summed E-state index contributed by atoms with van der Waals surface area (Å²) in [5, 5.41) is 18.6. The highest BCUT2D eigenvalue weighted by atomic mass is 32.2. The molecular formula is C15H10N4O3S. The second kappa shape index (κ2) is 5.40. The van der Waals surface area contributed by atoms with Gasteiger partial charge in [-0.05, 0) is 18.2 Å². The Balaban J connectivity index is 1.59. The Morgan fingerprint density at radius 1 is 1.22 bits per heavy atom. The zero-order valence-corrected chi connectivity index (χ0v) is 12.5. The molecule has 2 N–H and O–H groups in total. The molecule has 0 saturated heterocycles. The molecule has 0 aliphatic heterocycles. The summed E-state index contributed by atoms with van der Waals surface area (Å²) in [6, 6.07) is 10.9. The van der Waals surface area contributed by atoms with Crippen LogP contribution in [0.3, 0.4) is 0 Å². The van der Waals surface area contributed by atoms with E-state index in [2.05, 4.69) is 20.2 Å². The van der Waals surface area contributed by atoms with Gasteiger partial charge in [-0.1, -0.05) is 30.0 Å². The van der Waals surface area contributed by atoms with Gasteiger partial charge < -0.3 is 14.5 Å². The second-order valence-corrected chi connectivity index (χ2v) is 5.76. The predicted molar refractivity (Wildman–Crippen MR) is 84.4 cm³/mol. The number of nitrogens with one attached hydrogen (secondary N) is 1. The number of aromatic carboxylic acids is 1. The Morgan fingerprint density at radius 3 is 2.91 bits per heavy atom. The lowest BCUT2D eigenvalue weighted by molar-refractivity contribution is 0.0661. The third kappa shape index (κ3) is 2.53. The van der Waals surface area contributed by atoms with Crippen molar-refractivity contribution in [2.75, 3.05) is 0 Å². The van der Waals surface area contributed by atoms with Gasteiger partial charge in [-0.3, -0.25) is 0 Å². The third-order valence-electron chi connectivity index (χ3n) is 3.32. The van der Waals surface area contributed by atoms with Crippen molar-refractivity contribution < 1.29 is 14.3 Å². The van der Waals surface area contributed by atoms with Crippen molar-refractivity contribution in [2.45, 2.75) is 10.9 Å². The largest absolute Gasteiger partial charge is 0.475 e. The Hall–Kier alpha value is -2.87. The van der Waals surface area contributed by atoms with Gasteiger partial charge in [0.15, 0.2) is 5.65 Å². The summed E-state index contributed by atoms with van der Waals surface area (Å²) in [6.45, 7) is 0. The number of H-pyrrole nitrogens is 1. The van der Waals surface area contributed by atoms with E-state index in [1.54, 1.807) is 6.07 Å². The molecule has 7 nitrogen and oxygen atoms in total. The number of nitrogens with zero attached hydrogens (tertiary/aromatic N) is 3. The van der Waals surface area contributed by atoms with Crippen LogP contribution in [0.5, 0.6) is 0 Å². The van der Waals surface area contributed by atoms with Gasteiger partial charge in [0.05, 0.1) is 5.75 Å². The molecule has 8 heteroatoms. The van der Waals surface area contributed by atoms with Crippen LogP contribution in [-0.4, -0.2) is 31.2 Å². The summed E-state index contributed by atoms with van der Waals surface area (Å²) >= 11 is 1.33. The van der Waals surface area contributed by atoms with Crippen LogP contribution >= 0.6 is 11.8 Å². The number of aromatic nitrogens is 4. The number of rotatable bonds is 4. The highest BCUT2D eigenvalue weighted by Gasteiger charge is 2.12. The first kappa shape index (κ1) is 13.8. The number of carboxylic acids is 1. The van der Waals surface area contributed by atoms with Gasteiger partial charge in [0, 0.05) is 10.9 Å². The highest BCUT2D eigenvalue weighted by molar-refractivity contribution is 7.98. The molecule has 114 valence electrons. The van der Waals surface area contributed by atoms with Crippen LogP contribution in [0.15, 0.2) is 46.0 Å². The first-order valence-electron chi connectivity index (χ1n) is 6.76. The molecule has 0 aliphatic rings. The lowest BCUT2D eigenvalue weighted by atomic mass is 10.2. The summed E-state index contributed by atoms with van der Waals surface area (Å²) in [6.07, 6.45) is 0. The van der Waals surface area contributed by atoms with Gasteiger partial charge in [-0.2, -0.15) is 0 Å². The quantitative estimate of drug-likeness (QED) is 0.555. The number of benzene rings is 1. The van der Waals surface area contributed by atoms with E-state index in [-0.39, 0.29) is 5.76 Å². The van der Waals surface area contributed by atoms with E-state index < -0.39 is 5.97 Å². The molecule has 4 aromatic rings. The van der Waals surface area contributed by atoms with Gasteiger partial charge in [0.1, 0.15) is 11.3 Å². The number of hydrogen-bond acceptors (Lipinski definition) is 6. The smallest absolute Gasteiger partial charge is 0.371 e. The average Bonchev–Trinajstić information content (AvgIpc) is 3.17. The lowest BCUT2D eigenvalue weighted by Crippen LogP contribution is -1.92. The van der Waals surface area contributed by atoms with Gasteiger partial charge in [-0.25, -0.2) is 9.78 Å². The van der Waals surface area contributed by atoms with Crippen molar-refractivity contribution in [1.29, 1.82) is 0 Å². The van der Waals surface area contributed by atoms with Gasteiger partial charge in [-0.15, -0.1) is 10.2 Å². The molecule has 23 heavy (non-hydrogen) atoms. The molecule has 1 aromatic carbocycles. The molecule has 4 rings (SSSR count). The van der Waals surface area contributed by atoms with Crippen LogP contribution in [0, 0.1) is 0 Å². The van der Waals surface area contributed by atoms with E-state index in [0.29, 0.717) is 22.3 Å². The van der Waals surface area contributed by atoms with Crippen LogP contribution in [0.25, 0.3) is 22.1 Å². The number of furan rings is 1. The van der Waals surface area contributed by atoms with Crippen molar-refractivity contribution in [1.82, 2.24) is 20.2 Å². The number of thioether (sulfide) groups is 1. The topological polar surface area (TPSA) is 105 Å². The maximum Gasteiger partial charge on any atom is 0.371 e. The number of fused-ring (bicyclic) bond motifs is 3. The molecule has 3 heterocycles. The number of carboxylic acid groups (broad SMARTS) is 1. The molecule has 0 aliphatic carbocycles. The first-order chi connectivity index (χ1) is 11.2. The SMILES string of the molecule is O=C(O)c1ccc(CSc2nnc3c(n2)[nH]c2ccccc23)o1. The van der Waals surface area contributed by atoms with Crippen LogP contribution < -0.4 is 0 Å². The Labute approximate surface area is 133 Å². The van der Waals surface area contributed by atoms with Crippen molar-refractivity contribution in [3.05, 3.63) is 47.9 Å². The molecule has 0 amide bonds. The van der Waals surface area contributed by atoms with Crippen LogP contribution in [-0.2, 0) is 5.75 Å². The maximum absolute atomic E-state index is 10.8. The minimum Gasteiger partial charge on any atom is -0.475 e. The molecule has 0 unspecified atom stereocenters. The minimum atomic E-state index is -1.08. The monoisotopic (exact) mass is 326 g/mol. The maximum atomic E-state index is 10.8. The standard InChI is InChI=1S/C15H10N4O3S/c20-14(21)11-6-5-8(22-11)7-23-15-17-13-12(18-19-15)9-3-1-2-4-10(9)16-13/h1-6H,7H2,(H,20,21)(H,16,17,19). The van der Waals surface area contributed by atoms with Crippen LogP contribution in [0.2, 0.25) is 0 Å². The number of carbonyl (C=O) groups is 1. The van der Waals surface area contributed by atoms with Crippen molar-refractivity contribution >= 4 is 39.8 Å². The van der Waals surface area contributed by atoms with Gasteiger partial charge >= 0.3 is 5.97 Å². The number of aromatic amines is 1. The minimum absolute atomic E-state index is 0.0780. The summed E-state index contributed by atoms with van der Waals surface area (Å²) in [4.78, 5) is 18.4. The van der Waals surface area contributed by atoms with E-state index in [9.17, 15) is 4.79 Å². The molecular weight excluding hydrogens is 316 g/mol. The fraction of sp³-hybridized carbons (Fsp3) is 0.0667. The van der Waals surface area contributed by atoms with E-state index in [4.69, 9.17) is 9.52 Å². The lowest BCUT2D eigenvalue weighted by Gasteiger charge is -1.97. The van der Waals surface area contributed by atoms with Crippen LogP contribution in [0.1, 0.15) is 16.3 Å². The third-order valence-corrected chi connectivity index (χ3v) is 4.18. The molecule has 3 aromatic heterocycles. The summed E-state index contributed by atoms with van der Waals surface area (Å²) in [5.41, 5.74) is 2.37. The average molecular weight is 326 g/mol. The van der Waals surface area contributed by atoms with Gasteiger partial charge in [0.25, 0.3) is 0 Å². The number of para-hydroxylation sites is 1. The van der Waals surface area contributed by atoms with Crippen molar-refractivity contribution in [2.24, 2.45) is 0 Å². The molecule has 0 saturated carbocycles. The van der Waals surface area contributed by atoms with Crippen molar-refractivity contribution in [3.63, 3.8) is 0 Å². The Kier molecular flexibility index (Phi) is 3.23. The molecule has 0 bridgehead atoms. The highest BCUT2D eigenvalue weighted by Crippen LogP contribution is 2.25. The molecule has 0 atom stereocenters. The van der Waals surface area contributed by atoms with E-state index in [1.165, 1.54) is 17.8 Å². The van der Waals surface area contributed by atoms with Gasteiger partial charge in [0.2, 0.25) is 10.9 Å². The van der Waals surface area contributed by atoms with E-state index in [0.717, 1.165) is 16.4 Å². The number of hydrogen-bond donors (Lipinski definition) is 2. The molecule has 0 spiro atoms. The second-order valence-electron chi connectivity index (χ2n) is 4.82. The Bertz CT molecular complexity index is 1020. The fourth-order valence-corrected chi connectivity index (χ4v) is 2.95. The normalized spacial score (nSPS) is 11.3. The van der Waals surface area contributed by atoms with Crippen molar-refractivity contribution in [3.8, 4) is 0 Å². The van der Waals surface area contributed by atoms with Crippen LogP contribution in [0.4, 0.5) is 0 Å². The first-order valence-corrected chi connectivity index (χ1v) is 7.75. The predicted octanol–water partition coefficient (Wildman–Crippen LogP) is 3.09. The zero-order valence-electron chi connectivity index (χ0n) is 11.7. The summed E-state index contributed by atoms with van der Waals surface area (Å²) in [7, 11) is 0. The molecule has 0 fully saturated rings. The Morgan fingerprint density at radius 2 is 2.09 bits per heavy atom. The summed E-state index contributed by atoms with van der Waals surface area (Å²) < 4.78 is 5.20. The fourth-order valence-electron chi connectivity index (χ4n) is 2.27. The zero-order chi connectivity index (χ0) is 15.8. The summed E-state index contributed by atoms with van der Waals surface area (Å²) in [5.74, 6) is -0.183.